The van der Waals surface area contributed by atoms with Crippen LogP contribution in [0.1, 0.15) is 33.6 Å². The van der Waals surface area contributed by atoms with Gasteiger partial charge < -0.3 is 14.4 Å². The molecule has 0 aliphatic rings. The van der Waals surface area contributed by atoms with E-state index in [0.29, 0.717) is 12.4 Å². The van der Waals surface area contributed by atoms with Crippen molar-refractivity contribution in [2.75, 3.05) is 37.9 Å². The molecule has 0 saturated heterocycles. The van der Waals surface area contributed by atoms with E-state index in [1.54, 1.807) is 0 Å². The first-order valence-electron chi connectivity index (χ1n) is 11.2. The van der Waals surface area contributed by atoms with E-state index >= 15 is 0 Å². The van der Waals surface area contributed by atoms with Crippen molar-refractivity contribution >= 4 is 16.6 Å². The van der Waals surface area contributed by atoms with Gasteiger partial charge in [0, 0.05) is 42.4 Å². The Morgan fingerprint density at radius 3 is 2.39 bits per heavy atom. The Labute approximate surface area is 185 Å². The van der Waals surface area contributed by atoms with Crippen LogP contribution in [0.25, 0.3) is 22.2 Å². The number of aromatic nitrogens is 1. The maximum atomic E-state index is 13.4. The fraction of sp³-hybridized carbons (Fsp3) is 0.423. The number of hydrogen-bond donors (Lipinski definition) is 0. The summed E-state index contributed by atoms with van der Waals surface area (Å²) in [5.41, 5.74) is 4.01. The molecule has 0 aliphatic heterocycles. The molecular weight excluding hydrogens is 391 g/mol. The quantitative estimate of drug-likeness (QED) is 0.320. The fourth-order valence-electron chi connectivity index (χ4n) is 3.53. The van der Waals surface area contributed by atoms with Crippen molar-refractivity contribution in [3.8, 4) is 17.0 Å². The number of fused-ring (bicyclic) bond motifs is 1. The van der Waals surface area contributed by atoms with Crippen LogP contribution in [0.5, 0.6) is 5.75 Å². The minimum absolute atomic E-state index is 0.251. The number of hydrogen-bond acceptors (Lipinski definition) is 4. The lowest BCUT2D eigenvalue weighted by Crippen LogP contribution is -2.25. The number of rotatable bonds is 12. The van der Waals surface area contributed by atoms with Crippen molar-refractivity contribution in [1.82, 2.24) is 4.98 Å². The Bertz CT molecular complexity index is 942. The zero-order valence-electron chi connectivity index (χ0n) is 18.8. The van der Waals surface area contributed by atoms with E-state index in [9.17, 15) is 4.39 Å². The number of nitrogens with zero attached hydrogens (tertiary/aromatic N) is 2. The lowest BCUT2D eigenvalue weighted by Gasteiger charge is -2.21. The molecule has 0 bridgehead atoms. The number of benzene rings is 2. The number of ether oxygens (including phenoxy) is 2. The first-order valence-corrected chi connectivity index (χ1v) is 11.2. The summed E-state index contributed by atoms with van der Waals surface area (Å²) < 4.78 is 24.7. The van der Waals surface area contributed by atoms with Crippen LogP contribution in [0.15, 0.2) is 54.6 Å². The molecule has 1 aromatic heterocycles. The largest absolute Gasteiger partial charge is 0.485 e. The topological polar surface area (TPSA) is 34.6 Å². The predicted molar refractivity (Wildman–Crippen MR) is 127 cm³/mol. The van der Waals surface area contributed by atoms with Crippen molar-refractivity contribution in [3.05, 3.63) is 54.6 Å². The van der Waals surface area contributed by atoms with Gasteiger partial charge in [-0.15, -0.1) is 0 Å². The summed E-state index contributed by atoms with van der Waals surface area (Å²) in [6.07, 6.45) is 1.42. The summed E-state index contributed by atoms with van der Waals surface area (Å²) in [5, 5.41) is 1.02. The first kappa shape index (κ1) is 23.0. The van der Waals surface area contributed by atoms with E-state index < -0.39 is 12.8 Å². The Hall–Kier alpha value is -2.66. The summed E-state index contributed by atoms with van der Waals surface area (Å²) in [7, 11) is 0. The van der Waals surface area contributed by atoms with Crippen LogP contribution in [0.2, 0.25) is 0 Å². The van der Waals surface area contributed by atoms with Crippen LogP contribution in [0, 0.1) is 0 Å². The Morgan fingerprint density at radius 1 is 0.968 bits per heavy atom. The number of alkyl halides is 1. The molecule has 0 spiro atoms. The van der Waals surface area contributed by atoms with E-state index in [1.165, 1.54) is 5.69 Å². The summed E-state index contributed by atoms with van der Waals surface area (Å²) in [6, 6.07) is 18.3. The highest BCUT2D eigenvalue weighted by molar-refractivity contribution is 5.83. The molecule has 166 valence electrons. The van der Waals surface area contributed by atoms with Crippen molar-refractivity contribution in [2.24, 2.45) is 0 Å². The van der Waals surface area contributed by atoms with E-state index in [2.05, 4.69) is 56.0 Å². The van der Waals surface area contributed by atoms with Gasteiger partial charge in [-0.25, -0.2) is 9.37 Å². The molecule has 2 aromatic carbocycles. The molecule has 0 N–H and O–H groups in total. The minimum atomic E-state index is -0.606. The molecule has 1 unspecified atom stereocenters. The lowest BCUT2D eigenvalue weighted by molar-refractivity contribution is 0.0367. The molecule has 0 radical (unpaired) electrons. The molecule has 0 aliphatic carbocycles. The van der Waals surface area contributed by atoms with E-state index in [0.717, 1.165) is 48.1 Å². The van der Waals surface area contributed by atoms with Gasteiger partial charge in [0.05, 0.1) is 17.8 Å². The summed E-state index contributed by atoms with van der Waals surface area (Å²) in [5.74, 6) is 0.607. The second-order valence-electron chi connectivity index (χ2n) is 7.59. The summed E-state index contributed by atoms with van der Waals surface area (Å²) in [4.78, 5) is 7.14. The number of halogens is 1. The third kappa shape index (κ3) is 6.17. The summed E-state index contributed by atoms with van der Waals surface area (Å²) in [6.45, 7) is 8.68. The Morgan fingerprint density at radius 2 is 1.71 bits per heavy atom. The molecule has 3 aromatic rings. The zero-order valence-corrected chi connectivity index (χ0v) is 18.8. The molecule has 3 rings (SSSR count). The van der Waals surface area contributed by atoms with Crippen LogP contribution < -0.4 is 9.64 Å². The Kier molecular flexibility index (Phi) is 8.65. The molecule has 0 amide bonds. The van der Waals surface area contributed by atoms with E-state index in [-0.39, 0.29) is 6.61 Å². The smallest absolute Gasteiger partial charge is 0.150 e. The van der Waals surface area contributed by atoms with Gasteiger partial charge in [0.2, 0.25) is 0 Å². The van der Waals surface area contributed by atoms with E-state index in [4.69, 9.17) is 14.5 Å². The third-order valence-corrected chi connectivity index (χ3v) is 5.38. The number of pyridine rings is 1. The first-order chi connectivity index (χ1) is 15.2. The normalized spacial score (nSPS) is 12.1. The van der Waals surface area contributed by atoms with Crippen molar-refractivity contribution in [3.63, 3.8) is 0 Å². The number of anilines is 1. The van der Waals surface area contributed by atoms with Gasteiger partial charge in [0.1, 0.15) is 12.4 Å². The maximum absolute atomic E-state index is 13.4. The number of unbranched alkanes of at least 4 members (excludes halogenated alkanes) is 1. The average Bonchev–Trinajstić information content (AvgIpc) is 2.82. The molecule has 31 heavy (non-hydrogen) atoms. The minimum Gasteiger partial charge on any atom is -0.485 e. The van der Waals surface area contributed by atoms with Gasteiger partial charge in [-0.3, -0.25) is 0 Å². The van der Waals surface area contributed by atoms with Crippen LogP contribution in [0.4, 0.5) is 10.1 Å². The van der Waals surface area contributed by atoms with Crippen LogP contribution >= 0.6 is 0 Å². The van der Waals surface area contributed by atoms with Gasteiger partial charge in [-0.05, 0) is 50.6 Å². The van der Waals surface area contributed by atoms with Gasteiger partial charge in [-0.1, -0.05) is 31.5 Å². The van der Waals surface area contributed by atoms with Gasteiger partial charge >= 0.3 is 0 Å². The molecule has 5 heteroatoms. The van der Waals surface area contributed by atoms with Crippen molar-refractivity contribution < 1.29 is 13.9 Å². The van der Waals surface area contributed by atoms with Crippen LogP contribution in [-0.4, -0.2) is 44.1 Å². The third-order valence-electron chi connectivity index (χ3n) is 5.38. The fourth-order valence-corrected chi connectivity index (χ4v) is 3.53. The zero-order chi connectivity index (χ0) is 22.1. The lowest BCUT2D eigenvalue weighted by atomic mass is 10.1. The highest BCUT2D eigenvalue weighted by atomic mass is 19.1. The van der Waals surface area contributed by atoms with Crippen molar-refractivity contribution in [1.29, 1.82) is 0 Å². The van der Waals surface area contributed by atoms with Crippen LogP contribution in [0.3, 0.4) is 0 Å². The monoisotopic (exact) mass is 424 g/mol. The molecular formula is C26H33FN2O2. The predicted octanol–water partition coefficient (Wildman–Crippen LogP) is 6.28. The SMILES string of the molecule is CCCCOCC(CF)Oc1ccc2ccc(-c3ccc(N(CC)CC)cc3)nc2c1. The van der Waals surface area contributed by atoms with Gasteiger partial charge in [0.15, 0.2) is 6.10 Å². The highest BCUT2D eigenvalue weighted by Gasteiger charge is 2.12. The van der Waals surface area contributed by atoms with Gasteiger partial charge in [0.25, 0.3) is 0 Å². The highest BCUT2D eigenvalue weighted by Crippen LogP contribution is 2.26. The van der Waals surface area contributed by atoms with Crippen LogP contribution in [-0.2, 0) is 4.74 Å². The molecule has 4 nitrogen and oxygen atoms in total. The second kappa shape index (κ2) is 11.7. The summed E-state index contributed by atoms with van der Waals surface area (Å²) >= 11 is 0. The van der Waals surface area contributed by atoms with Crippen molar-refractivity contribution in [2.45, 2.75) is 39.7 Å². The second-order valence-corrected chi connectivity index (χ2v) is 7.59. The molecule has 0 saturated carbocycles. The standard InChI is InChI=1S/C26H33FN2O2/c1-4-7-16-30-19-24(18-27)31-23-14-10-21-11-15-25(28-26(21)17-23)20-8-12-22(13-9-20)29(5-2)6-3/h8-15,17,24H,4-7,16,18-19H2,1-3H3. The molecule has 1 atom stereocenters. The average molecular weight is 425 g/mol. The Balaban J connectivity index is 1.75. The molecule has 1 heterocycles. The van der Waals surface area contributed by atoms with E-state index in [1.807, 2.05) is 24.3 Å². The maximum Gasteiger partial charge on any atom is 0.150 e. The molecule has 0 fully saturated rings. The van der Waals surface area contributed by atoms with Gasteiger partial charge in [-0.2, -0.15) is 0 Å².